The zero-order valence-corrected chi connectivity index (χ0v) is 15.7. The van der Waals surface area contributed by atoms with Crippen molar-refractivity contribution in [3.05, 3.63) is 0 Å². The molecule has 4 heteroatoms. The quantitative estimate of drug-likeness (QED) is 0.811. The molecule has 1 unspecified atom stereocenters. The van der Waals surface area contributed by atoms with Gasteiger partial charge >= 0.3 is 5.97 Å². The Labute approximate surface area is 151 Å². The van der Waals surface area contributed by atoms with E-state index in [0.29, 0.717) is 30.2 Å². The van der Waals surface area contributed by atoms with Crippen molar-refractivity contribution in [3.63, 3.8) is 0 Å². The van der Waals surface area contributed by atoms with Crippen LogP contribution in [-0.4, -0.2) is 23.0 Å². The van der Waals surface area contributed by atoms with Gasteiger partial charge in [0.2, 0.25) is 5.91 Å². The van der Waals surface area contributed by atoms with Crippen molar-refractivity contribution in [2.24, 2.45) is 34.5 Å². The Morgan fingerprint density at radius 1 is 1.08 bits per heavy atom. The number of piperidine rings is 1. The van der Waals surface area contributed by atoms with Crippen LogP contribution < -0.4 is 5.32 Å². The number of hydrogen-bond donors (Lipinski definition) is 2. The maximum absolute atomic E-state index is 11.9. The van der Waals surface area contributed by atoms with E-state index in [1.807, 2.05) is 0 Å². The van der Waals surface area contributed by atoms with Crippen molar-refractivity contribution >= 4 is 11.9 Å². The minimum atomic E-state index is -0.647. The molecule has 0 radical (unpaired) electrons. The van der Waals surface area contributed by atoms with Gasteiger partial charge in [0.15, 0.2) is 0 Å². The molecule has 0 spiro atoms. The van der Waals surface area contributed by atoms with Gasteiger partial charge in [-0.1, -0.05) is 13.8 Å². The third-order valence-corrected chi connectivity index (χ3v) is 9.00. The molecule has 1 saturated heterocycles. The van der Waals surface area contributed by atoms with E-state index in [2.05, 4.69) is 19.2 Å². The molecule has 0 aromatic rings. The van der Waals surface area contributed by atoms with Crippen LogP contribution in [0, 0.1) is 34.5 Å². The normalized spacial score (nSPS) is 48.9. The van der Waals surface area contributed by atoms with Gasteiger partial charge in [0.05, 0.1) is 0 Å². The zero-order valence-electron chi connectivity index (χ0n) is 15.7. The standard InChI is InChI=1S/C21H33NO3/c1-20-11-9-16-14(15(20)6-3-13(20)4-8-19(24)25)5-7-17-21(16,2)12-10-18(23)22-17/h13-17H,3-12H2,1-2H3,(H,22,23)(H,24,25)/t13-,14+,15+,16+,17?,20-,21-/m1/s1. The molecule has 0 bridgehead atoms. The third kappa shape index (κ3) is 2.62. The Balaban J connectivity index is 1.54. The minimum absolute atomic E-state index is 0.246. The molecule has 3 aliphatic carbocycles. The molecule has 4 aliphatic rings. The molecule has 3 saturated carbocycles. The Bertz CT molecular complexity index is 575. The summed E-state index contributed by atoms with van der Waals surface area (Å²) in [5.41, 5.74) is 0.620. The molecule has 1 amide bonds. The van der Waals surface area contributed by atoms with Crippen LogP contribution in [0.15, 0.2) is 0 Å². The second-order valence-electron chi connectivity index (χ2n) is 9.83. The van der Waals surface area contributed by atoms with Crippen molar-refractivity contribution in [3.8, 4) is 0 Å². The van der Waals surface area contributed by atoms with Gasteiger partial charge < -0.3 is 10.4 Å². The van der Waals surface area contributed by atoms with Crippen molar-refractivity contribution in [2.75, 3.05) is 0 Å². The van der Waals surface area contributed by atoms with E-state index in [-0.39, 0.29) is 11.3 Å². The summed E-state index contributed by atoms with van der Waals surface area (Å²) in [5, 5.41) is 12.4. The number of fused-ring (bicyclic) bond motifs is 5. The van der Waals surface area contributed by atoms with Gasteiger partial charge in [0, 0.05) is 18.9 Å². The Morgan fingerprint density at radius 3 is 2.60 bits per heavy atom. The number of carbonyl (C=O) groups is 2. The lowest BCUT2D eigenvalue weighted by Gasteiger charge is -2.60. The molecule has 7 atom stereocenters. The average molecular weight is 347 g/mol. The largest absolute Gasteiger partial charge is 0.481 e. The molecule has 0 aromatic carbocycles. The summed E-state index contributed by atoms with van der Waals surface area (Å²) >= 11 is 0. The van der Waals surface area contributed by atoms with Crippen molar-refractivity contribution in [2.45, 2.75) is 84.1 Å². The summed E-state index contributed by atoms with van der Waals surface area (Å²) in [4.78, 5) is 22.9. The first-order chi connectivity index (χ1) is 11.8. The molecule has 1 aliphatic heterocycles. The molecule has 4 fully saturated rings. The number of hydrogen-bond acceptors (Lipinski definition) is 2. The molecule has 25 heavy (non-hydrogen) atoms. The predicted molar refractivity (Wildman–Crippen MR) is 95.9 cm³/mol. The fourth-order valence-electron chi connectivity index (χ4n) is 7.58. The SMILES string of the molecule is C[C@]12CC[C@H]3[C@@H](CCC4NC(=O)CC[C@@]43C)[C@@H]1CC[C@@H]2CCC(=O)O. The van der Waals surface area contributed by atoms with Gasteiger partial charge in [-0.2, -0.15) is 0 Å². The monoisotopic (exact) mass is 347 g/mol. The van der Waals surface area contributed by atoms with Crippen LogP contribution in [0.1, 0.15) is 78.1 Å². The Hall–Kier alpha value is -1.06. The predicted octanol–water partition coefficient (Wildman–Crippen LogP) is 3.99. The van der Waals surface area contributed by atoms with Crippen LogP contribution in [0.2, 0.25) is 0 Å². The highest BCUT2D eigenvalue weighted by atomic mass is 16.4. The van der Waals surface area contributed by atoms with Crippen LogP contribution >= 0.6 is 0 Å². The topological polar surface area (TPSA) is 66.4 Å². The van der Waals surface area contributed by atoms with Crippen LogP contribution in [-0.2, 0) is 9.59 Å². The smallest absolute Gasteiger partial charge is 0.303 e. The molecule has 1 heterocycles. The number of amides is 1. The summed E-state index contributed by atoms with van der Waals surface area (Å²) in [7, 11) is 0. The fourth-order valence-corrected chi connectivity index (χ4v) is 7.58. The van der Waals surface area contributed by atoms with Crippen molar-refractivity contribution < 1.29 is 14.7 Å². The molecule has 4 rings (SSSR count). The van der Waals surface area contributed by atoms with Gasteiger partial charge in [0.1, 0.15) is 0 Å². The molecule has 2 N–H and O–H groups in total. The lowest BCUT2D eigenvalue weighted by atomic mass is 9.47. The fraction of sp³-hybridized carbons (Fsp3) is 0.905. The molecule has 4 nitrogen and oxygen atoms in total. The summed E-state index contributed by atoms with van der Waals surface area (Å²) in [6, 6.07) is 0.378. The van der Waals surface area contributed by atoms with E-state index in [1.165, 1.54) is 32.1 Å². The number of rotatable bonds is 3. The van der Waals surface area contributed by atoms with Crippen LogP contribution in [0.5, 0.6) is 0 Å². The molecule has 140 valence electrons. The first kappa shape index (κ1) is 17.4. The summed E-state index contributed by atoms with van der Waals surface area (Å²) < 4.78 is 0. The number of carbonyl (C=O) groups excluding carboxylic acids is 1. The van der Waals surface area contributed by atoms with Crippen LogP contribution in [0.3, 0.4) is 0 Å². The summed E-state index contributed by atoms with van der Waals surface area (Å²) in [6.07, 6.45) is 10.3. The summed E-state index contributed by atoms with van der Waals surface area (Å²) in [5.74, 6) is 2.47. The number of carboxylic acid groups (broad SMARTS) is 1. The maximum atomic E-state index is 11.9. The van der Waals surface area contributed by atoms with Gasteiger partial charge in [-0.05, 0) is 85.9 Å². The zero-order chi connectivity index (χ0) is 17.8. The first-order valence-corrected chi connectivity index (χ1v) is 10.4. The average Bonchev–Trinajstić information content (AvgIpc) is 2.90. The number of carboxylic acids is 1. The maximum Gasteiger partial charge on any atom is 0.303 e. The highest BCUT2D eigenvalue weighted by molar-refractivity contribution is 5.77. The van der Waals surface area contributed by atoms with E-state index in [1.54, 1.807) is 0 Å². The first-order valence-electron chi connectivity index (χ1n) is 10.4. The molecular weight excluding hydrogens is 314 g/mol. The van der Waals surface area contributed by atoms with E-state index in [9.17, 15) is 9.59 Å². The van der Waals surface area contributed by atoms with Crippen LogP contribution in [0.25, 0.3) is 0 Å². The summed E-state index contributed by atoms with van der Waals surface area (Å²) in [6.45, 7) is 4.90. The highest BCUT2D eigenvalue weighted by Crippen LogP contribution is 2.66. The number of nitrogens with one attached hydrogen (secondary N) is 1. The van der Waals surface area contributed by atoms with Crippen molar-refractivity contribution in [1.29, 1.82) is 0 Å². The van der Waals surface area contributed by atoms with Crippen LogP contribution in [0.4, 0.5) is 0 Å². The lowest BCUT2D eigenvalue weighted by Crippen LogP contribution is -2.61. The second-order valence-corrected chi connectivity index (χ2v) is 9.83. The van der Waals surface area contributed by atoms with Gasteiger partial charge in [-0.25, -0.2) is 0 Å². The van der Waals surface area contributed by atoms with Crippen molar-refractivity contribution in [1.82, 2.24) is 5.32 Å². The lowest BCUT2D eigenvalue weighted by molar-refractivity contribution is -0.139. The highest BCUT2D eigenvalue weighted by Gasteiger charge is 2.60. The molecule has 0 aromatic heterocycles. The molecular formula is C21H33NO3. The van der Waals surface area contributed by atoms with E-state index in [0.717, 1.165) is 37.0 Å². The van der Waals surface area contributed by atoms with Gasteiger partial charge in [0.25, 0.3) is 0 Å². The minimum Gasteiger partial charge on any atom is -0.481 e. The van der Waals surface area contributed by atoms with E-state index in [4.69, 9.17) is 5.11 Å². The third-order valence-electron chi connectivity index (χ3n) is 9.00. The van der Waals surface area contributed by atoms with Gasteiger partial charge in [-0.15, -0.1) is 0 Å². The Kier molecular flexibility index (Phi) is 4.16. The van der Waals surface area contributed by atoms with Gasteiger partial charge in [-0.3, -0.25) is 9.59 Å². The second kappa shape index (κ2) is 5.99. The number of aliphatic carboxylic acids is 1. The van der Waals surface area contributed by atoms with E-state index < -0.39 is 5.97 Å². The van der Waals surface area contributed by atoms with E-state index >= 15 is 0 Å². The Morgan fingerprint density at radius 2 is 1.84 bits per heavy atom.